The molecule has 0 fully saturated rings. The number of rotatable bonds is 5. The zero-order valence-corrected chi connectivity index (χ0v) is 13.1. The summed E-state index contributed by atoms with van der Waals surface area (Å²) in [6.07, 6.45) is 0. The third-order valence-corrected chi connectivity index (χ3v) is 3.51. The van der Waals surface area contributed by atoms with Gasteiger partial charge in [0, 0.05) is 12.1 Å². The van der Waals surface area contributed by atoms with E-state index in [0.29, 0.717) is 17.7 Å². The average Bonchev–Trinajstić information content (AvgIpc) is 2.55. The van der Waals surface area contributed by atoms with Gasteiger partial charge in [0.2, 0.25) is 5.91 Å². The van der Waals surface area contributed by atoms with E-state index in [4.69, 9.17) is 5.26 Å². The molecule has 0 aliphatic heterocycles. The Labute approximate surface area is 135 Å². The van der Waals surface area contributed by atoms with E-state index >= 15 is 0 Å². The molecule has 0 aliphatic rings. The fourth-order valence-corrected chi connectivity index (χ4v) is 2.33. The molecule has 0 unspecified atom stereocenters. The molecular formula is C18H18FN3O. The number of carbonyl (C=O) groups is 1. The Morgan fingerprint density at radius 3 is 2.43 bits per heavy atom. The van der Waals surface area contributed by atoms with Crippen molar-refractivity contribution in [1.82, 2.24) is 10.2 Å². The van der Waals surface area contributed by atoms with E-state index in [9.17, 15) is 9.18 Å². The highest BCUT2D eigenvalue weighted by Gasteiger charge is 2.25. The Morgan fingerprint density at radius 2 is 1.87 bits per heavy atom. The van der Waals surface area contributed by atoms with Crippen molar-refractivity contribution in [2.24, 2.45) is 0 Å². The summed E-state index contributed by atoms with van der Waals surface area (Å²) >= 11 is 0. The molecule has 0 aliphatic carbocycles. The Hall–Kier alpha value is -2.71. The number of carbonyl (C=O) groups excluding carboxylic acids is 1. The lowest BCUT2D eigenvalue weighted by atomic mass is 10.0. The van der Waals surface area contributed by atoms with Crippen molar-refractivity contribution in [3.63, 3.8) is 0 Å². The highest BCUT2D eigenvalue weighted by atomic mass is 19.1. The maximum Gasteiger partial charge on any atom is 0.242 e. The smallest absolute Gasteiger partial charge is 0.242 e. The van der Waals surface area contributed by atoms with Crippen molar-refractivity contribution < 1.29 is 9.18 Å². The molecule has 5 heteroatoms. The van der Waals surface area contributed by atoms with Crippen molar-refractivity contribution in [3.8, 4) is 6.07 Å². The first-order valence-electron chi connectivity index (χ1n) is 7.20. The molecule has 0 saturated heterocycles. The lowest BCUT2D eigenvalue weighted by molar-refractivity contribution is -0.126. The maximum absolute atomic E-state index is 14.0. The average molecular weight is 311 g/mol. The van der Waals surface area contributed by atoms with Crippen LogP contribution in [0, 0.1) is 17.1 Å². The topological polar surface area (TPSA) is 56.1 Å². The number of likely N-dealkylation sites (N-methyl/N-ethyl adjacent to an activating group) is 1. The van der Waals surface area contributed by atoms with Crippen LogP contribution in [-0.2, 0) is 11.3 Å². The molecule has 118 valence electrons. The van der Waals surface area contributed by atoms with Crippen molar-refractivity contribution >= 4 is 5.91 Å². The van der Waals surface area contributed by atoms with Crippen LogP contribution in [0.1, 0.15) is 22.7 Å². The summed E-state index contributed by atoms with van der Waals surface area (Å²) < 4.78 is 14.0. The van der Waals surface area contributed by atoms with Gasteiger partial charge in [-0.15, -0.1) is 0 Å². The van der Waals surface area contributed by atoms with Crippen LogP contribution in [0.4, 0.5) is 4.39 Å². The van der Waals surface area contributed by atoms with Gasteiger partial charge in [0.05, 0.1) is 11.6 Å². The zero-order chi connectivity index (χ0) is 16.8. The van der Waals surface area contributed by atoms with Gasteiger partial charge in [-0.25, -0.2) is 4.39 Å². The third-order valence-electron chi connectivity index (χ3n) is 3.51. The molecule has 23 heavy (non-hydrogen) atoms. The first kappa shape index (κ1) is 16.7. The van der Waals surface area contributed by atoms with Gasteiger partial charge in [0.1, 0.15) is 11.9 Å². The van der Waals surface area contributed by atoms with E-state index in [2.05, 4.69) is 5.32 Å². The molecule has 2 aromatic rings. The predicted octanol–water partition coefficient (Wildman–Crippen LogP) is 2.62. The molecule has 2 rings (SSSR count). The molecular weight excluding hydrogens is 293 g/mol. The molecule has 0 heterocycles. The van der Waals surface area contributed by atoms with Gasteiger partial charge >= 0.3 is 0 Å². The second-order valence-corrected chi connectivity index (χ2v) is 5.41. The fourth-order valence-electron chi connectivity index (χ4n) is 2.33. The Balaban J connectivity index is 2.10. The quantitative estimate of drug-likeness (QED) is 0.923. The number of hydrogen-bond acceptors (Lipinski definition) is 3. The SMILES string of the molecule is CN(C)[C@H](C(=O)NCc1ccc(C#N)cc1)c1ccccc1F. The van der Waals surface area contributed by atoms with Crippen LogP contribution in [-0.4, -0.2) is 24.9 Å². The third kappa shape index (κ3) is 4.15. The van der Waals surface area contributed by atoms with Crippen LogP contribution in [0.5, 0.6) is 0 Å². The fraction of sp³-hybridized carbons (Fsp3) is 0.222. The molecule has 0 bridgehead atoms. The Kier molecular flexibility index (Phi) is 5.45. The molecule has 0 radical (unpaired) electrons. The summed E-state index contributed by atoms with van der Waals surface area (Å²) in [4.78, 5) is 14.1. The molecule has 1 atom stereocenters. The number of benzene rings is 2. The number of hydrogen-bond donors (Lipinski definition) is 1. The van der Waals surface area contributed by atoms with E-state index in [1.54, 1.807) is 61.5 Å². The van der Waals surface area contributed by atoms with Crippen molar-refractivity contribution in [1.29, 1.82) is 5.26 Å². The number of halogens is 1. The second-order valence-electron chi connectivity index (χ2n) is 5.41. The van der Waals surface area contributed by atoms with Crippen molar-refractivity contribution in [2.45, 2.75) is 12.6 Å². The van der Waals surface area contributed by atoms with Crippen LogP contribution in [0.25, 0.3) is 0 Å². The van der Waals surface area contributed by atoms with Crippen LogP contribution in [0.2, 0.25) is 0 Å². The van der Waals surface area contributed by atoms with Gasteiger partial charge in [-0.2, -0.15) is 5.26 Å². The van der Waals surface area contributed by atoms with E-state index in [1.165, 1.54) is 6.07 Å². The van der Waals surface area contributed by atoms with E-state index in [0.717, 1.165) is 5.56 Å². The van der Waals surface area contributed by atoms with Gasteiger partial charge in [0.15, 0.2) is 0 Å². The van der Waals surface area contributed by atoms with Gasteiger partial charge in [0.25, 0.3) is 0 Å². The molecule has 4 nitrogen and oxygen atoms in total. The summed E-state index contributed by atoms with van der Waals surface area (Å²) in [5.74, 6) is -0.677. The first-order chi connectivity index (χ1) is 11.0. The number of nitrogens with one attached hydrogen (secondary N) is 1. The minimum Gasteiger partial charge on any atom is -0.350 e. The minimum absolute atomic E-state index is 0.274. The molecule has 2 aromatic carbocycles. The molecule has 0 spiro atoms. The van der Waals surface area contributed by atoms with Crippen LogP contribution in [0.3, 0.4) is 0 Å². The maximum atomic E-state index is 14.0. The number of nitriles is 1. The summed E-state index contributed by atoms with van der Waals surface area (Å²) in [5, 5.41) is 11.6. The predicted molar refractivity (Wildman–Crippen MR) is 85.8 cm³/mol. The first-order valence-corrected chi connectivity index (χ1v) is 7.20. The highest BCUT2D eigenvalue weighted by Crippen LogP contribution is 2.21. The molecule has 1 amide bonds. The van der Waals surface area contributed by atoms with Crippen LogP contribution in [0.15, 0.2) is 48.5 Å². The van der Waals surface area contributed by atoms with E-state index in [1.807, 2.05) is 6.07 Å². The monoisotopic (exact) mass is 311 g/mol. The number of nitrogens with zero attached hydrogens (tertiary/aromatic N) is 2. The van der Waals surface area contributed by atoms with E-state index in [-0.39, 0.29) is 5.91 Å². The normalized spacial score (nSPS) is 11.8. The standard InChI is InChI=1S/C18H18FN3O/c1-22(2)17(15-5-3-4-6-16(15)19)18(23)21-12-14-9-7-13(11-20)8-10-14/h3-10,17H,12H2,1-2H3,(H,21,23)/t17-/m0/s1. The zero-order valence-electron chi connectivity index (χ0n) is 13.1. The summed E-state index contributed by atoms with van der Waals surface area (Å²) in [7, 11) is 3.47. The van der Waals surface area contributed by atoms with Gasteiger partial charge in [-0.3, -0.25) is 9.69 Å². The van der Waals surface area contributed by atoms with Gasteiger partial charge < -0.3 is 5.32 Å². The summed E-state index contributed by atoms with van der Waals surface area (Å²) in [6, 6.07) is 14.6. The Bertz CT molecular complexity index is 720. The summed E-state index contributed by atoms with van der Waals surface area (Å²) in [5.41, 5.74) is 1.79. The second kappa shape index (κ2) is 7.52. The number of amides is 1. The lowest BCUT2D eigenvalue weighted by Crippen LogP contribution is -2.37. The van der Waals surface area contributed by atoms with Crippen LogP contribution < -0.4 is 5.32 Å². The van der Waals surface area contributed by atoms with Gasteiger partial charge in [-0.1, -0.05) is 30.3 Å². The van der Waals surface area contributed by atoms with E-state index < -0.39 is 11.9 Å². The highest BCUT2D eigenvalue weighted by molar-refractivity contribution is 5.83. The molecule has 0 saturated carbocycles. The summed E-state index contributed by atoms with van der Waals surface area (Å²) in [6.45, 7) is 0.323. The minimum atomic E-state index is -0.699. The lowest BCUT2D eigenvalue weighted by Gasteiger charge is -2.24. The molecule has 1 N–H and O–H groups in total. The van der Waals surface area contributed by atoms with Crippen molar-refractivity contribution in [3.05, 3.63) is 71.0 Å². The van der Waals surface area contributed by atoms with Crippen molar-refractivity contribution in [2.75, 3.05) is 14.1 Å². The van der Waals surface area contributed by atoms with Gasteiger partial charge in [-0.05, 0) is 37.9 Å². The molecule has 0 aromatic heterocycles. The van der Waals surface area contributed by atoms with Crippen LogP contribution >= 0.6 is 0 Å². The Morgan fingerprint density at radius 1 is 1.22 bits per heavy atom. The largest absolute Gasteiger partial charge is 0.350 e.